The highest BCUT2D eigenvalue weighted by Gasteiger charge is 2.19. The van der Waals surface area contributed by atoms with E-state index in [0.717, 1.165) is 5.69 Å². The van der Waals surface area contributed by atoms with Crippen LogP contribution in [0, 0.1) is 0 Å². The molecule has 2 rings (SSSR count). The van der Waals surface area contributed by atoms with Crippen molar-refractivity contribution in [3.05, 3.63) is 40.8 Å². The van der Waals surface area contributed by atoms with E-state index in [1.165, 1.54) is 4.68 Å². The van der Waals surface area contributed by atoms with Crippen LogP contribution >= 0.6 is 23.4 Å². The number of pyridine rings is 1. The van der Waals surface area contributed by atoms with Crippen molar-refractivity contribution >= 4 is 29.3 Å². The van der Waals surface area contributed by atoms with E-state index < -0.39 is 5.97 Å². The molecule has 0 spiro atoms. The average molecular weight is 312 g/mol. The number of aromatic nitrogens is 3. The predicted octanol–water partition coefficient (Wildman–Crippen LogP) is 2.96. The van der Waals surface area contributed by atoms with Gasteiger partial charge in [0.15, 0.2) is 11.5 Å². The monoisotopic (exact) mass is 311 g/mol. The lowest BCUT2D eigenvalue weighted by molar-refractivity contribution is 0.0515. The molecule has 106 valence electrons. The van der Waals surface area contributed by atoms with Gasteiger partial charge in [-0.1, -0.05) is 11.6 Å². The minimum absolute atomic E-state index is 0.303. The molecule has 20 heavy (non-hydrogen) atoms. The Morgan fingerprint density at radius 3 is 3.00 bits per heavy atom. The smallest absolute Gasteiger partial charge is 0.357 e. The van der Waals surface area contributed by atoms with E-state index in [1.54, 1.807) is 43.1 Å². The summed E-state index contributed by atoms with van der Waals surface area (Å²) in [5.74, 6) is 0.683. The van der Waals surface area contributed by atoms with Crippen LogP contribution in [0.3, 0.4) is 0 Å². The zero-order valence-corrected chi connectivity index (χ0v) is 12.7. The van der Waals surface area contributed by atoms with Gasteiger partial charge in [-0.25, -0.2) is 14.5 Å². The van der Waals surface area contributed by atoms with Crippen molar-refractivity contribution < 1.29 is 9.53 Å². The summed E-state index contributed by atoms with van der Waals surface area (Å²) in [5.41, 5.74) is 1.11. The molecule has 0 saturated carbocycles. The largest absolute Gasteiger partial charge is 0.461 e. The number of thioether (sulfide) groups is 1. The summed E-state index contributed by atoms with van der Waals surface area (Å²) in [4.78, 5) is 16.2. The molecule has 0 saturated heterocycles. The highest BCUT2D eigenvalue weighted by Crippen LogP contribution is 2.21. The lowest BCUT2D eigenvalue weighted by Crippen LogP contribution is -2.13. The van der Waals surface area contributed by atoms with Crippen molar-refractivity contribution in [2.24, 2.45) is 0 Å². The molecular formula is C13H14ClN3O2S. The first kappa shape index (κ1) is 14.9. The number of halogens is 1. The maximum absolute atomic E-state index is 12.0. The number of ether oxygens (including phenoxy) is 1. The molecular weight excluding hydrogens is 298 g/mol. The summed E-state index contributed by atoms with van der Waals surface area (Å²) in [6.07, 6.45) is 3.57. The minimum atomic E-state index is -0.436. The van der Waals surface area contributed by atoms with Gasteiger partial charge in [-0.3, -0.25) is 0 Å². The van der Waals surface area contributed by atoms with E-state index in [0.29, 0.717) is 28.9 Å². The number of rotatable bonds is 5. The van der Waals surface area contributed by atoms with Crippen molar-refractivity contribution in [2.45, 2.75) is 12.7 Å². The fraction of sp³-hybridized carbons (Fsp3) is 0.308. The molecule has 7 heteroatoms. The van der Waals surface area contributed by atoms with Crippen LogP contribution in [0.2, 0.25) is 5.02 Å². The molecule has 0 aromatic carbocycles. The number of nitrogens with zero attached hydrogens (tertiary/aromatic N) is 3. The Kier molecular flexibility index (Phi) is 5.03. The van der Waals surface area contributed by atoms with Gasteiger partial charge in [-0.05, 0) is 31.4 Å². The first-order valence-electron chi connectivity index (χ1n) is 6.03. The van der Waals surface area contributed by atoms with Crippen molar-refractivity contribution in [1.82, 2.24) is 14.8 Å². The van der Waals surface area contributed by atoms with Gasteiger partial charge in [0.05, 0.1) is 17.3 Å². The molecule has 0 aliphatic carbocycles. The second kappa shape index (κ2) is 6.76. The Labute approximate surface area is 126 Å². The van der Waals surface area contributed by atoms with E-state index >= 15 is 0 Å². The topological polar surface area (TPSA) is 57.0 Å². The molecule has 0 atom stereocenters. The van der Waals surface area contributed by atoms with Crippen molar-refractivity contribution in [3.63, 3.8) is 0 Å². The molecule has 0 fully saturated rings. The van der Waals surface area contributed by atoms with Gasteiger partial charge in [0.2, 0.25) is 0 Å². The zero-order chi connectivity index (χ0) is 14.5. The third kappa shape index (κ3) is 3.13. The molecule has 0 N–H and O–H groups in total. The quantitative estimate of drug-likeness (QED) is 0.795. The number of esters is 1. The molecule has 0 aliphatic rings. The van der Waals surface area contributed by atoms with Crippen LogP contribution < -0.4 is 0 Å². The predicted molar refractivity (Wildman–Crippen MR) is 79.5 cm³/mol. The highest BCUT2D eigenvalue weighted by atomic mass is 35.5. The maximum Gasteiger partial charge on any atom is 0.357 e. The molecule has 0 unspecified atom stereocenters. The first-order chi connectivity index (χ1) is 9.67. The Morgan fingerprint density at radius 2 is 2.35 bits per heavy atom. The second-order valence-corrected chi connectivity index (χ2v) is 5.17. The van der Waals surface area contributed by atoms with Crippen LogP contribution in [-0.4, -0.2) is 33.6 Å². The minimum Gasteiger partial charge on any atom is -0.461 e. The normalized spacial score (nSPS) is 10.6. The first-order valence-corrected chi connectivity index (χ1v) is 7.80. The van der Waals surface area contributed by atoms with E-state index in [4.69, 9.17) is 16.3 Å². The van der Waals surface area contributed by atoms with E-state index in [1.807, 2.05) is 6.26 Å². The van der Waals surface area contributed by atoms with E-state index in [-0.39, 0.29) is 0 Å². The van der Waals surface area contributed by atoms with Crippen LogP contribution in [0.5, 0.6) is 0 Å². The average Bonchev–Trinajstić information content (AvgIpc) is 2.84. The lowest BCUT2D eigenvalue weighted by atomic mass is 10.3. The number of hydrogen-bond acceptors (Lipinski definition) is 5. The van der Waals surface area contributed by atoms with Crippen molar-refractivity contribution in [3.8, 4) is 5.82 Å². The fourth-order valence-corrected chi connectivity index (χ4v) is 2.33. The number of carbonyl (C=O) groups excluding carboxylic acids is 1. The van der Waals surface area contributed by atoms with Crippen LogP contribution in [-0.2, 0) is 10.5 Å². The standard InChI is InChI=1S/C13H14ClN3O2S/c1-3-19-13(18)11-7-9(8-20-2)16-17(11)12-10(14)5-4-6-15-12/h4-7H,3,8H2,1-2H3. The summed E-state index contributed by atoms with van der Waals surface area (Å²) in [6.45, 7) is 2.06. The lowest BCUT2D eigenvalue weighted by Gasteiger charge is -2.07. The van der Waals surface area contributed by atoms with E-state index in [9.17, 15) is 4.79 Å². The summed E-state index contributed by atoms with van der Waals surface area (Å²) in [5, 5.41) is 4.81. The van der Waals surface area contributed by atoms with Crippen molar-refractivity contribution in [1.29, 1.82) is 0 Å². The Bertz CT molecular complexity index is 615. The van der Waals surface area contributed by atoms with Gasteiger partial charge in [-0.15, -0.1) is 0 Å². The zero-order valence-electron chi connectivity index (χ0n) is 11.2. The van der Waals surface area contributed by atoms with E-state index in [2.05, 4.69) is 10.1 Å². The van der Waals surface area contributed by atoms with Crippen LogP contribution in [0.1, 0.15) is 23.1 Å². The third-order valence-electron chi connectivity index (χ3n) is 2.48. The number of hydrogen-bond donors (Lipinski definition) is 0. The molecule has 2 aromatic rings. The van der Waals surface area contributed by atoms with Crippen LogP contribution in [0.15, 0.2) is 24.4 Å². The van der Waals surface area contributed by atoms with Gasteiger partial charge in [0.25, 0.3) is 0 Å². The van der Waals surface area contributed by atoms with Crippen LogP contribution in [0.4, 0.5) is 0 Å². The highest BCUT2D eigenvalue weighted by molar-refractivity contribution is 7.97. The van der Waals surface area contributed by atoms with Gasteiger partial charge in [0.1, 0.15) is 0 Å². The molecule has 2 heterocycles. The molecule has 0 radical (unpaired) electrons. The van der Waals surface area contributed by atoms with Crippen molar-refractivity contribution in [2.75, 3.05) is 12.9 Å². The van der Waals surface area contributed by atoms with Gasteiger partial charge in [-0.2, -0.15) is 16.9 Å². The molecule has 0 amide bonds. The van der Waals surface area contributed by atoms with Crippen LogP contribution in [0.25, 0.3) is 5.82 Å². The summed E-state index contributed by atoms with van der Waals surface area (Å²) < 4.78 is 6.48. The SMILES string of the molecule is CCOC(=O)c1cc(CSC)nn1-c1ncccc1Cl. The Balaban J connectivity index is 2.50. The number of carbonyl (C=O) groups is 1. The van der Waals surface area contributed by atoms with Gasteiger partial charge < -0.3 is 4.74 Å². The molecule has 5 nitrogen and oxygen atoms in total. The summed E-state index contributed by atoms with van der Waals surface area (Å²) in [6, 6.07) is 5.14. The third-order valence-corrected chi connectivity index (χ3v) is 3.36. The molecule has 2 aromatic heterocycles. The molecule has 0 aliphatic heterocycles. The Hall–Kier alpha value is -1.53. The summed E-state index contributed by atoms with van der Waals surface area (Å²) in [7, 11) is 0. The molecule has 0 bridgehead atoms. The van der Waals surface area contributed by atoms with Gasteiger partial charge >= 0.3 is 5.97 Å². The Morgan fingerprint density at radius 1 is 1.55 bits per heavy atom. The second-order valence-electron chi connectivity index (χ2n) is 3.90. The summed E-state index contributed by atoms with van der Waals surface area (Å²) >= 11 is 7.74. The maximum atomic E-state index is 12.0. The fourth-order valence-electron chi connectivity index (χ4n) is 1.69. The van der Waals surface area contributed by atoms with Gasteiger partial charge in [0, 0.05) is 11.9 Å².